The summed E-state index contributed by atoms with van der Waals surface area (Å²) in [6.07, 6.45) is 3.25. The monoisotopic (exact) mass is 421 g/mol. The number of amides is 1. The Hall–Kier alpha value is -2.35. The minimum absolute atomic E-state index is 0.00403. The van der Waals surface area contributed by atoms with Gasteiger partial charge in [0.1, 0.15) is 11.3 Å². The zero-order valence-corrected chi connectivity index (χ0v) is 17.9. The molecule has 1 unspecified atom stereocenters. The van der Waals surface area contributed by atoms with Gasteiger partial charge >= 0.3 is 5.63 Å². The Morgan fingerprint density at radius 2 is 2.10 bits per heavy atom. The maximum Gasteiger partial charge on any atom is 0.336 e. The first kappa shape index (κ1) is 21.4. The van der Waals surface area contributed by atoms with Crippen LogP contribution in [0.15, 0.2) is 27.4 Å². The molecule has 29 heavy (non-hydrogen) atoms. The van der Waals surface area contributed by atoms with Crippen molar-refractivity contribution in [3.05, 3.63) is 39.7 Å². The lowest BCUT2D eigenvalue weighted by Gasteiger charge is -2.23. The molecule has 1 amide bonds. The van der Waals surface area contributed by atoms with Crippen LogP contribution < -0.4 is 10.4 Å². The molecule has 1 fully saturated rings. The molecular weight excluding hydrogens is 394 g/mol. The fraction of sp³-hybridized carbons (Fsp3) is 0.524. The smallest absolute Gasteiger partial charge is 0.336 e. The molecule has 0 N–H and O–H groups in total. The van der Waals surface area contributed by atoms with Crippen LogP contribution in [0.3, 0.4) is 0 Å². The third-order valence-corrected chi connectivity index (χ3v) is 7.25. The molecule has 7 nitrogen and oxygen atoms in total. The summed E-state index contributed by atoms with van der Waals surface area (Å²) in [4.78, 5) is 25.9. The number of likely N-dealkylation sites (N-methyl/N-ethyl adjacent to an activating group) is 1. The highest BCUT2D eigenvalue weighted by Crippen LogP contribution is 2.29. The van der Waals surface area contributed by atoms with Crippen molar-refractivity contribution in [2.45, 2.75) is 45.6 Å². The van der Waals surface area contributed by atoms with Crippen LogP contribution in [0.5, 0.6) is 5.75 Å². The number of aryl methyl sites for hydroxylation is 2. The first-order chi connectivity index (χ1) is 13.7. The maximum atomic E-state index is 12.4. The van der Waals surface area contributed by atoms with Crippen LogP contribution >= 0.6 is 0 Å². The van der Waals surface area contributed by atoms with Crippen molar-refractivity contribution in [3.63, 3.8) is 0 Å². The van der Waals surface area contributed by atoms with Crippen LogP contribution in [0.1, 0.15) is 37.3 Å². The number of hydrogen-bond donors (Lipinski definition) is 0. The summed E-state index contributed by atoms with van der Waals surface area (Å²) in [5.41, 5.74) is 1.69. The summed E-state index contributed by atoms with van der Waals surface area (Å²) in [6, 6.07) is 4.85. The number of benzene rings is 1. The number of hydrogen-bond acceptors (Lipinski definition) is 6. The fourth-order valence-corrected chi connectivity index (χ4v) is 5.44. The van der Waals surface area contributed by atoms with E-state index in [2.05, 4.69) is 6.92 Å². The van der Waals surface area contributed by atoms with Crippen LogP contribution in [-0.2, 0) is 21.1 Å². The molecule has 1 aliphatic heterocycles. The van der Waals surface area contributed by atoms with Crippen LogP contribution in [-0.4, -0.2) is 50.4 Å². The summed E-state index contributed by atoms with van der Waals surface area (Å²) in [5.74, 6) is 0.286. The lowest BCUT2D eigenvalue weighted by atomic mass is 10.0. The van der Waals surface area contributed by atoms with E-state index in [1.165, 1.54) is 11.0 Å². The van der Waals surface area contributed by atoms with Gasteiger partial charge in [-0.2, -0.15) is 0 Å². The molecule has 158 valence electrons. The third kappa shape index (κ3) is 4.80. The minimum Gasteiger partial charge on any atom is -0.483 e. The second-order valence-corrected chi connectivity index (χ2v) is 9.84. The van der Waals surface area contributed by atoms with Gasteiger partial charge in [0.2, 0.25) is 0 Å². The molecule has 0 radical (unpaired) electrons. The number of ether oxygens (including phenoxy) is 1. The SMILES string of the molecule is CCCCc1cc(=O)oc2c(C)c(OCC(=O)N(C)C3CCS(=O)(=O)C3)ccc12. The van der Waals surface area contributed by atoms with Gasteiger partial charge in [-0.15, -0.1) is 0 Å². The Bertz CT molecular complexity index is 1070. The van der Waals surface area contributed by atoms with E-state index in [1.54, 1.807) is 20.0 Å². The summed E-state index contributed by atoms with van der Waals surface area (Å²) in [7, 11) is -1.46. The number of sulfone groups is 1. The number of carbonyl (C=O) groups is 1. The van der Waals surface area contributed by atoms with E-state index in [0.29, 0.717) is 23.3 Å². The quantitative estimate of drug-likeness (QED) is 0.638. The number of unbranched alkanes of at least 4 members (excludes halogenated alkanes) is 1. The number of nitrogens with zero attached hydrogens (tertiary/aromatic N) is 1. The predicted molar refractivity (Wildman–Crippen MR) is 111 cm³/mol. The number of carbonyl (C=O) groups excluding carboxylic acids is 1. The highest BCUT2D eigenvalue weighted by atomic mass is 32.2. The summed E-state index contributed by atoms with van der Waals surface area (Å²) in [6.45, 7) is 3.68. The Morgan fingerprint density at radius 3 is 2.76 bits per heavy atom. The average Bonchev–Trinajstić information content (AvgIpc) is 3.04. The van der Waals surface area contributed by atoms with Crippen molar-refractivity contribution in [1.29, 1.82) is 0 Å². The standard InChI is InChI=1S/C21H27NO6S/c1-4-5-6-15-11-20(24)28-21-14(2)18(8-7-17(15)21)27-12-19(23)22(3)16-9-10-29(25,26)13-16/h7-8,11,16H,4-6,9-10,12-13H2,1-3H3. The highest BCUT2D eigenvalue weighted by molar-refractivity contribution is 7.91. The second kappa shape index (κ2) is 8.57. The van der Waals surface area contributed by atoms with Crippen LogP contribution in [0.25, 0.3) is 11.0 Å². The summed E-state index contributed by atoms with van der Waals surface area (Å²) >= 11 is 0. The van der Waals surface area contributed by atoms with Crippen LogP contribution in [0.2, 0.25) is 0 Å². The number of fused-ring (bicyclic) bond motifs is 1. The molecule has 8 heteroatoms. The van der Waals surface area contributed by atoms with Gasteiger partial charge in [-0.05, 0) is 43.9 Å². The first-order valence-electron chi connectivity index (χ1n) is 9.87. The van der Waals surface area contributed by atoms with E-state index in [9.17, 15) is 18.0 Å². The van der Waals surface area contributed by atoms with Gasteiger partial charge in [-0.25, -0.2) is 13.2 Å². The summed E-state index contributed by atoms with van der Waals surface area (Å²) in [5, 5.41) is 0.877. The number of rotatable bonds is 7. The van der Waals surface area contributed by atoms with Gasteiger partial charge < -0.3 is 14.1 Å². The lowest BCUT2D eigenvalue weighted by Crippen LogP contribution is -2.40. The van der Waals surface area contributed by atoms with Gasteiger partial charge in [-0.3, -0.25) is 4.79 Å². The molecule has 0 saturated carbocycles. The molecule has 3 rings (SSSR count). The zero-order chi connectivity index (χ0) is 21.2. The van der Waals surface area contributed by atoms with Gasteiger partial charge in [0.25, 0.3) is 5.91 Å². The van der Waals surface area contributed by atoms with E-state index in [-0.39, 0.29) is 30.1 Å². The predicted octanol–water partition coefficient (Wildman–Crippen LogP) is 2.47. The Kier molecular flexibility index (Phi) is 6.31. The second-order valence-electron chi connectivity index (χ2n) is 7.61. The highest BCUT2D eigenvalue weighted by Gasteiger charge is 2.32. The third-order valence-electron chi connectivity index (χ3n) is 5.50. The fourth-order valence-electron chi connectivity index (χ4n) is 3.66. The summed E-state index contributed by atoms with van der Waals surface area (Å²) < 4.78 is 34.4. The Balaban J connectivity index is 1.76. The zero-order valence-electron chi connectivity index (χ0n) is 17.1. The van der Waals surface area contributed by atoms with Crippen molar-refractivity contribution in [2.24, 2.45) is 0 Å². The molecule has 1 aliphatic rings. The Morgan fingerprint density at radius 1 is 1.34 bits per heavy atom. The molecule has 1 aromatic carbocycles. The Labute approximate surface area is 170 Å². The van der Waals surface area contributed by atoms with E-state index in [1.807, 2.05) is 6.07 Å². The van der Waals surface area contributed by atoms with Gasteiger partial charge in [0, 0.05) is 30.1 Å². The molecular formula is C21H27NO6S. The van der Waals surface area contributed by atoms with Crippen molar-refractivity contribution in [2.75, 3.05) is 25.2 Å². The topological polar surface area (TPSA) is 93.9 Å². The largest absolute Gasteiger partial charge is 0.483 e. The molecule has 1 aromatic heterocycles. The first-order valence-corrected chi connectivity index (χ1v) is 11.7. The molecule has 2 aromatic rings. The van der Waals surface area contributed by atoms with E-state index in [4.69, 9.17) is 9.15 Å². The van der Waals surface area contributed by atoms with Crippen molar-refractivity contribution in [1.82, 2.24) is 4.90 Å². The average molecular weight is 422 g/mol. The molecule has 1 saturated heterocycles. The maximum absolute atomic E-state index is 12.4. The van der Waals surface area contributed by atoms with Crippen molar-refractivity contribution < 1.29 is 22.4 Å². The molecule has 0 bridgehead atoms. The van der Waals surface area contributed by atoms with Gasteiger partial charge in [0.05, 0.1) is 11.5 Å². The lowest BCUT2D eigenvalue weighted by molar-refractivity contribution is -0.133. The molecule has 2 heterocycles. The molecule has 0 aliphatic carbocycles. The van der Waals surface area contributed by atoms with Gasteiger partial charge in [0.15, 0.2) is 16.4 Å². The van der Waals surface area contributed by atoms with E-state index < -0.39 is 15.5 Å². The van der Waals surface area contributed by atoms with Crippen LogP contribution in [0.4, 0.5) is 0 Å². The molecule has 1 atom stereocenters. The van der Waals surface area contributed by atoms with Crippen LogP contribution in [0, 0.1) is 6.92 Å². The van der Waals surface area contributed by atoms with Gasteiger partial charge in [-0.1, -0.05) is 13.3 Å². The van der Waals surface area contributed by atoms with E-state index >= 15 is 0 Å². The van der Waals surface area contributed by atoms with Crippen molar-refractivity contribution >= 4 is 26.7 Å². The van der Waals surface area contributed by atoms with E-state index in [0.717, 1.165) is 30.2 Å². The molecule has 0 spiro atoms. The normalized spacial score (nSPS) is 18.1. The van der Waals surface area contributed by atoms with Crippen molar-refractivity contribution in [3.8, 4) is 5.75 Å². The minimum atomic E-state index is -3.06.